The maximum atomic E-state index is 6.25. The monoisotopic (exact) mass is 478 g/mol. The summed E-state index contributed by atoms with van der Waals surface area (Å²) in [5, 5.41) is 9.48. The van der Waals surface area contributed by atoms with Gasteiger partial charge in [-0.3, -0.25) is 0 Å². The van der Waals surface area contributed by atoms with Crippen LogP contribution in [0.1, 0.15) is 53.4 Å². The van der Waals surface area contributed by atoms with Crippen LogP contribution in [0.3, 0.4) is 0 Å². The van der Waals surface area contributed by atoms with E-state index < -0.39 is 11.6 Å². The normalized spacial score (nSPS) is 17.0. The second-order valence-electron chi connectivity index (χ2n) is 10.2. The van der Waals surface area contributed by atoms with Gasteiger partial charge in [-0.15, -0.1) is 0 Å². The Morgan fingerprint density at radius 3 is 0.750 bits per heavy atom. The third-order valence-corrected chi connectivity index (χ3v) is 8.17. The van der Waals surface area contributed by atoms with Gasteiger partial charge in [-0.2, -0.15) is 0 Å². The Labute approximate surface area is 210 Å². The zero-order chi connectivity index (χ0) is 24.7. The highest BCUT2D eigenvalue weighted by Gasteiger charge is 2.39. The van der Waals surface area contributed by atoms with Gasteiger partial charge < -0.3 is 18.9 Å². The SMILES string of the molecule is CCC1(CC)Oc2cc3cc4cc5cc6cc7c(cc6cc5cc4cc3cc2O1)OC(CC)(CC)O7. The summed E-state index contributed by atoms with van der Waals surface area (Å²) in [5.74, 6) is 2.25. The molecule has 0 radical (unpaired) electrons. The first kappa shape index (κ1) is 21.6. The molecule has 5 aromatic rings. The Kier molecular flexibility index (Phi) is 4.46. The lowest BCUT2D eigenvalue weighted by molar-refractivity contribution is -0.0846. The highest BCUT2D eigenvalue weighted by Crippen LogP contribution is 2.47. The summed E-state index contributed by atoms with van der Waals surface area (Å²) in [6.45, 7) is 8.43. The molecule has 5 aromatic carbocycles. The second-order valence-corrected chi connectivity index (χ2v) is 10.2. The standard InChI is InChI=1S/C32H30O4/c1-5-31(6-2)33-27-15-23-11-19-9-21-13-25-17-29-30(36-32(7-3,8-4)35-29)18-26(25)14-22(21)10-20(19)12-24(23)16-28(27)34-31/h9-18H,5-8H2,1-4H3. The lowest BCUT2D eigenvalue weighted by atomic mass is 9.97. The lowest BCUT2D eigenvalue weighted by Crippen LogP contribution is -2.36. The molecule has 7 rings (SSSR count). The molecule has 36 heavy (non-hydrogen) atoms. The van der Waals surface area contributed by atoms with Gasteiger partial charge in [0.1, 0.15) is 0 Å². The van der Waals surface area contributed by atoms with Crippen LogP contribution in [0.15, 0.2) is 60.7 Å². The molecule has 2 aliphatic heterocycles. The number of benzene rings is 5. The van der Waals surface area contributed by atoms with Crippen LogP contribution in [-0.2, 0) is 0 Å². The maximum Gasteiger partial charge on any atom is 0.251 e. The summed E-state index contributed by atoms with van der Waals surface area (Å²) < 4.78 is 25.0. The second kappa shape index (κ2) is 7.42. The fourth-order valence-corrected chi connectivity index (χ4v) is 5.76. The molecule has 0 aromatic heterocycles. The number of rotatable bonds is 4. The van der Waals surface area contributed by atoms with E-state index in [0.29, 0.717) is 0 Å². The lowest BCUT2D eigenvalue weighted by Gasteiger charge is -2.24. The Hall–Kier alpha value is -3.66. The van der Waals surface area contributed by atoms with E-state index in [1.807, 2.05) is 0 Å². The fourth-order valence-electron chi connectivity index (χ4n) is 5.76. The summed E-state index contributed by atoms with van der Waals surface area (Å²) in [6, 6.07) is 22.1. The highest BCUT2D eigenvalue weighted by molar-refractivity contribution is 6.08. The Morgan fingerprint density at radius 1 is 0.361 bits per heavy atom. The molecule has 0 amide bonds. The van der Waals surface area contributed by atoms with E-state index >= 15 is 0 Å². The number of hydrogen-bond donors (Lipinski definition) is 0. The quantitative estimate of drug-likeness (QED) is 0.242. The molecule has 0 aliphatic carbocycles. The summed E-state index contributed by atoms with van der Waals surface area (Å²) >= 11 is 0. The van der Waals surface area contributed by atoms with Crippen molar-refractivity contribution >= 4 is 43.1 Å². The highest BCUT2D eigenvalue weighted by atomic mass is 16.7. The molecule has 0 saturated heterocycles. The Morgan fingerprint density at radius 2 is 0.556 bits per heavy atom. The maximum absolute atomic E-state index is 6.25. The molecule has 4 nitrogen and oxygen atoms in total. The van der Waals surface area contributed by atoms with Crippen molar-refractivity contribution in [2.24, 2.45) is 0 Å². The molecule has 2 heterocycles. The molecule has 182 valence electrons. The molecule has 0 unspecified atom stereocenters. The van der Waals surface area contributed by atoms with Crippen LogP contribution in [0, 0.1) is 0 Å². The van der Waals surface area contributed by atoms with Crippen molar-refractivity contribution in [3.8, 4) is 23.0 Å². The predicted octanol–water partition coefficient (Wildman–Crippen LogP) is 8.87. The fraction of sp³-hybridized carbons (Fsp3) is 0.312. The molecule has 0 N–H and O–H groups in total. The number of hydrogen-bond acceptors (Lipinski definition) is 4. The minimum atomic E-state index is -0.546. The summed E-state index contributed by atoms with van der Waals surface area (Å²) in [4.78, 5) is 0. The van der Waals surface area contributed by atoms with Crippen LogP contribution in [0.2, 0.25) is 0 Å². The van der Waals surface area contributed by atoms with Crippen LogP contribution < -0.4 is 18.9 Å². The smallest absolute Gasteiger partial charge is 0.251 e. The average Bonchev–Trinajstić information content (AvgIpc) is 3.44. The van der Waals surface area contributed by atoms with Gasteiger partial charge in [-0.1, -0.05) is 27.7 Å². The summed E-state index contributed by atoms with van der Waals surface area (Å²) in [5.41, 5.74) is 0. The molecule has 0 spiro atoms. The zero-order valence-corrected chi connectivity index (χ0v) is 21.2. The van der Waals surface area contributed by atoms with Gasteiger partial charge in [-0.05, 0) is 104 Å². The van der Waals surface area contributed by atoms with Crippen molar-refractivity contribution in [2.45, 2.75) is 65.0 Å². The first-order valence-corrected chi connectivity index (χ1v) is 13.1. The summed E-state index contributed by atoms with van der Waals surface area (Å²) in [6.07, 6.45) is 3.25. The third-order valence-electron chi connectivity index (χ3n) is 8.17. The van der Waals surface area contributed by atoms with E-state index in [1.165, 1.54) is 21.5 Å². The Bertz CT molecular complexity index is 1450. The minimum absolute atomic E-state index is 0.546. The summed E-state index contributed by atoms with van der Waals surface area (Å²) in [7, 11) is 0. The van der Waals surface area contributed by atoms with Crippen molar-refractivity contribution in [3.05, 3.63) is 60.7 Å². The van der Waals surface area contributed by atoms with Gasteiger partial charge in [0.25, 0.3) is 11.6 Å². The van der Waals surface area contributed by atoms with Crippen LogP contribution in [0.4, 0.5) is 0 Å². The van der Waals surface area contributed by atoms with E-state index in [-0.39, 0.29) is 0 Å². The van der Waals surface area contributed by atoms with E-state index in [0.717, 1.165) is 70.2 Å². The Balaban J connectivity index is 1.36. The van der Waals surface area contributed by atoms with Crippen LogP contribution in [0.5, 0.6) is 23.0 Å². The molecule has 0 fully saturated rings. The van der Waals surface area contributed by atoms with Crippen molar-refractivity contribution in [1.82, 2.24) is 0 Å². The van der Waals surface area contributed by atoms with Crippen molar-refractivity contribution in [1.29, 1.82) is 0 Å². The molecule has 0 bridgehead atoms. The van der Waals surface area contributed by atoms with Crippen molar-refractivity contribution < 1.29 is 18.9 Å². The molecule has 4 heteroatoms. The van der Waals surface area contributed by atoms with Crippen molar-refractivity contribution in [3.63, 3.8) is 0 Å². The third kappa shape index (κ3) is 3.06. The van der Waals surface area contributed by atoms with Gasteiger partial charge in [0.2, 0.25) is 0 Å². The van der Waals surface area contributed by atoms with Gasteiger partial charge in [0.15, 0.2) is 23.0 Å². The molecular formula is C32H30O4. The molecular weight excluding hydrogens is 448 g/mol. The number of ether oxygens (including phenoxy) is 4. The zero-order valence-electron chi connectivity index (χ0n) is 21.2. The predicted molar refractivity (Wildman–Crippen MR) is 146 cm³/mol. The van der Waals surface area contributed by atoms with Gasteiger partial charge in [0.05, 0.1) is 0 Å². The largest absolute Gasteiger partial charge is 0.448 e. The van der Waals surface area contributed by atoms with E-state index in [2.05, 4.69) is 88.4 Å². The topological polar surface area (TPSA) is 36.9 Å². The first-order chi connectivity index (χ1) is 17.5. The molecule has 2 aliphatic rings. The van der Waals surface area contributed by atoms with Crippen LogP contribution >= 0.6 is 0 Å². The van der Waals surface area contributed by atoms with Gasteiger partial charge in [0, 0.05) is 25.7 Å². The average molecular weight is 479 g/mol. The first-order valence-electron chi connectivity index (χ1n) is 13.1. The van der Waals surface area contributed by atoms with E-state index in [1.54, 1.807) is 0 Å². The van der Waals surface area contributed by atoms with E-state index in [9.17, 15) is 0 Å². The molecule has 0 saturated carbocycles. The van der Waals surface area contributed by atoms with Crippen LogP contribution in [-0.4, -0.2) is 11.6 Å². The molecule has 0 atom stereocenters. The van der Waals surface area contributed by atoms with Crippen molar-refractivity contribution in [2.75, 3.05) is 0 Å². The van der Waals surface area contributed by atoms with Gasteiger partial charge in [-0.25, -0.2) is 0 Å². The van der Waals surface area contributed by atoms with Gasteiger partial charge >= 0.3 is 0 Å². The van der Waals surface area contributed by atoms with Crippen LogP contribution in [0.25, 0.3) is 43.1 Å². The van der Waals surface area contributed by atoms with E-state index in [4.69, 9.17) is 18.9 Å². The number of fused-ring (bicyclic) bond motifs is 6. The minimum Gasteiger partial charge on any atom is -0.448 e.